The normalized spacial score (nSPS) is 37.1. The maximum absolute atomic E-state index is 12.8. The molecule has 0 bridgehead atoms. The number of carbonyl (C=O) groups is 1. The fraction of sp³-hybridized carbons (Fsp3) is 0.750. The summed E-state index contributed by atoms with van der Waals surface area (Å²) in [7, 11) is 0. The van der Waals surface area contributed by atoms with Crippen LogP contribution in [0, 0.1) is 11.8 Å². The lowest BCUT2D eigenvalue weighted by Crippen LogP contribution is -2.69. The molecule has 0 saturated carbocycles. The van der Waals surface area contributed by atoms with Gasteiger partial charge in [-0.2, -0.15) is 0 Å². The van der Waals surface area contributed by atoms with Crippen LogP contribution in [0.15, 0.2) is 18.7 Å². The van der Waals surface area contributed by atoms with Crippen molar-refractivity contribution in [2.24, 2.45) is 11.8 Å². The second-order valence-corrected chi connectivity index (χ2v) is 6.83. The summed E-state index contributed by atoms with van der Waals surface area (Å²) in [5.74, 6) is 0.0177. The van der Waals surface area contributed by atoms with E-state index in [2.05, 4.69) is 4.98 Å². The zero-order valence-corrected chi connectivity index (χ0v) is 13.1. The molecular weight excluding hydrogens is 298 g/mol. The van der Waals surface area contributed by atoms with Gasteiger partial charge in [-0.3, -0.25) is 4.79 Å². The highest BCUT2D eigenvalue weighted by molar-refractivity contribution is 5.76. The third-order valence-corrected chi connectivity index (χ3v) is 5.65. The Morgan fingerprint density at radius 3 is 3.04 bits per heavy atom. The number of amides is 1. The van der Waals surface area contributed by atoms with E-state index >= 15 is 0 Å². The molecule has 126 valence electrons. The number of aliphatic hydroxyl groups is 1. The predicted octanol–water partition coefficient (Wildman–Crippen LogP) is -0.102. The van der Waals surface area contributed by atoms with Gasteiger partial charge >= 0.3 is 0 Å². The third-order valence-electron chi connectivity index (χ3n) is 5.65. The van der Waals surface area contributed by atoms with Gasteiger partial charge in [0.15, 0.2) is 0 Å². The molecule has 4 rings (SSSR count). The number of imidazole rings is 1. The van der Waals surface area contributed by atoms with E-state index < -0.39 is 5.60 Å². The van der Waals surface area contributed by atoms with Crippen molar-refractivity contribution in [1.82, 2.24) is 14.5 Å². The Morgan fingerprint density at radius 2 is 2.22 bits per heavy atom. The Balaban J connectivity index is 1.58. The Morgan fingerprint density at radius 1 is 1.35 bits per heavy atom. The maximum atomic E-state index is 12.8. The van der Waals surface area contributed by atoms with Crippen LogP contribution in [0.25, 0.3) is 0 Å². The fourth-order valence-electron chi connectivity index (χ4n) is 4.37. The zero-order chi connectivity index (χ0) is 15.9. The second kappa shape index (κ2) is 5.89. The van der Waals surface area contributed by atoms with Crippen molar-refractivity contribution < 1.29 is 19.4 Å². The second-order valence-electron chi connectivity index (χ2n) is 6.83. The molecule has 0 radical (unpaired) electrons. The Labute approximate surface area is 135 Å². The average molecular weight is 321 g/mol. The molecule has 3 fully saturated rings. The molecule has 1 aromatic rings. The molecule has 0 unspecified atom stereocenters. The first-order valence-corrected chi connectivity index (χ1v) is 8.31. The minimum atomic E-state index is -0.769. The van der Waals surface area contributed by atoms with Crippen LogP contribution in [0.2, 0.25) is 0 Å². The number of carbonyl (C=O) groups excluding carboxylic acids is 1. The lowest BCUT2D eigenvalue weighted by Gasteiger charge is -2.57. The first-order chi connectivity index (χ1) is 11.2. The summed E-state index contributed by atoms with van der Waals surface area (Å²) in [5, 5.41) is 11.2. The summed E-state index contributed by atoms with van der Waals surface area (Å²) in [6, 6.07) is 0.0547. The van der Waals surface area contributed by atoms with E-state index in [0.29, 0.717) is 39.4 Å². The molecule has 0 aliphatic carbocycles. The van der Waals surface area contributed by atoms with Crippen molar-refractivity contribution in [3.05, 3.63) is 18.7 Å². The highest BCUT2D eigenvalue weighted by atomic mass is 16.5. The van der Waals surface area contributed by atoms with Crippen LogP contribution >= 0.6 is 0 Å². The van der Waals surface area contributed by atoms with Crippen LogP contribution in [0.1, 0.15) is 12.8 Å². The minimum Gasteiger partial charge on any atom is -0.389 e. The van der Waals surface area contributed by atoms with E-state index in [1.807, 2.05) is 4.90 Å². The van der Waals surface area contributed by atoms with Gasteiger partial charge in [-0.05, 0) is 6.42 Å². The van der Waals surface area contributed by atoms with E-state index in [1.165, 1.54) is 0 Å². The van der Waals surface area contributed by atoms with Crippen molar-refractivity contribution in [2.75, 3.05) is 33.0 Å². The van der Waals surface area contributed by atoms with E-state index in [9.17, 15) is 9.90 Å². The van der Waals surface area contributed by atoms with Crippen LogP contribution in [0.4, 0.5) is 0 Å². The van der Waals surface area contributed by atoms with Crippen LogP contribution in [0.3, 0.4) is 0 Å². The number of hydrogen-bond donors (Lipinski definition) is 1. The van der Waals surface area contributed by atoms with Crippen molar-refractivity contribution in [3.8, 4) is 0 Å². The predicted molar refractivity (Wildman–Crippen MR) is 80.5 cm³/mol. The van der Waals surface area contributed by atoms with Gasteiger partial charge in [0.05, 0.1) is 25.1 Å². The van der Waals surface area contributed by atoms with E-state index in [4.69, 9.17) is 9.47 Å². The van der Waals surface area contributed by atoms with Crippen molar-refractivity contribution in [3.63, 3.8) is 0 Å². The summed E-state index contributed by atoms with van der Waals surface area (Å²) < 4.78 is 13.0. The fourth-order valence-corrected chi connectivity index (χ4v) is 4.37. The SMILES string of the molecule is O=C(Cn1ccnc1)N1C[C@H]2COCC[C@@]2(O)[C@@H]2COCC[C@@H]21. The van der Waals surface area contributed by atoms with E-state index in [-0.39, 0.29) is 30.3 Å². The number of likely N-dealkylation sites (tertiary alicyclic amines) is 1. The number of aromatic nitrogens is 2. The molecular formula is C16H23N3O4. The molecule has 4 atom stereocenters. The third kappa shape index (κ3) is 2.56. The molecule has 4 heterocycles. The number of ether oxygens (including phenoxy) is 2. The first kappa shape index (κ1) is 15.1. The molecule has 7 heteroatoms. The van der Waals surface area contributed by atoms with Gasteiger partial charge in [0.1, 0.15) is 6.54 Å². The monoisotopic (exact) mass is 321 g/mol. The molecule has 3 saturated heterocycles. The lowest BCUT2D eigenvalue weighted by atomic mass is 9.66. The summed E-state index contributed by atoms with van der Waals surface area (Å²) in [6.07, 6.45) is 6.54. The number of piperidine rings is 1. The summed E-state index contributed by atoms with van der Waals surface area (Å²) in [6.45, 7) is 3.11. The lowest BCUT2D eigenvalue weighted by molar-refractivity contribution is -0.219. The molecule has 1 N–H and O–H groups in total. The number of nitrogens with zero attached hydrogens (tertiary/aromatic N) is 3. The van der Waals surface area contributed by atoms with E-state index in [1.54, 1.807) is 23.3 Å². The number of hydrogen-bond acceptors (Lipinski definition) is 5. The van der Waals surface area contributed by atoms with Gasteiger partial charge in [0.25, 0.3) is 0 Å². The van der Waals surface area contributed by atoms with Gasteiger partial charge in [0.2, 0.25) is 5.91 Å². The van der Waals surface area contributed by atoms with Crippen LogP contribution in [-0.4, -0.2) is 70.1 Å². The van der Waals surface area contributed by atoms with Crippen molar-refractivity contribution >= 4 is 5.91 Å². The Hall–Kier alpha value is -1.44. The van der Waals surface area contributed by atoms with Gasteiger partial charge in [-0.25, -0.2) is 4.98 Å². The quantitative estimate of drug-likeness (QED) is 0.823. The van der Waals surface area contributed by atoms with Crippen LogP contribution in [0.5, 0.6) is 0 Å². The number of rotatable bonds is 2. The van der Waals surface area contributed by atoms with Gasteiger partial charge in [-0.1, -0.05) is 0 Å². The van der Waals surface area contributed by atoms with Crippen LogP contribution in [-0.2, 0) is 20.8 Å². The topological polar surface area (TPSA) is 76.8 Å². The highest BCUT2D eigenvalue weighted by Crippen LogP contribution is 2.44. The van der Waals surface area contributed by atoms with E-state index in [0.717, 1.165) is 6.42 Å². The maximum Gasteiger partial charge on any atom is 0.242 e. The Bertz CT molecular complexity index is 564. The molecule has 0 aromatic carbocycles. The van der Waals surface area contributed by atoms with Crippen LogP contribution < -0.4 is 0 Å². The largest absolute Gasteiger partial charge is 0.389 e. The standard InChI is InChI=1S/C16H23N3O4/c20-15(8-18-4-3-17-11-18)19-7-12-9-23-6-2-16(12,21)13-10-22-5-1-14(13)19/h3-4,11-14,21H,1-2,5-10H2/t12-,13+,14-,16-/m0/s1. The molecule has 0 spiro atoms. The smallest absolute Gasteiger partial charge is 0.242 e. The van der Waals surface area contributed by atoms with Crippen molar-refractivity contribution in [2.45, 2.75) is 31.0 Å². The first-order valence-electron chi connectivity index (χ1n) is 8.31. The van der Waals surface area contributed by atoms with Gasteiger partial charge in [0, 0.05) is 56.5 Å². The Kier molecular flexibility index (Phi) is 3.87. The molecule has 1 amide bonds. The molecule has 7 nitrogen and oxygen atoms in total. The number of fused-ring (bicyclic) bond motifs is 3. The van der Waals surface area contributed by atoms with Gasteiger partial charge in [-0.15, -0.1) is 0 Å². The molecule has 3 aliphatic rings. The molecule has 1 aromatic heterocycles. The van der Waals surface area contributed by atoms with Crippen molar-refractivity contribution in [1.29, 1.82) is 0 Å². The molecule has 23 heavy (non-hydrogen) atoms. The zero-order valence-electron chi connectivity index (χ0n) is 13.1. The average Bonchev–Trinajstić information content (AvgIpc) is 3.07. The summed E-state index contributed by atoms with van der Waals surface area (Å²) in [5.41, 5.74) is -0.769. The highest BCUT2D eigenvalue weighted by Gasteiger charge is 2.56. The summed E-state index contributed by atoms with van der Waals surface area (Å²) in [4.78, 5) is 18.7. The minimum absolute atomic E-state index is 0.0226. The summed E-state index contributed by atoms with van der Waals surface area (Å²) >= 11 is 0. The molecule has 3 aliphatic heterocycles. The van der Waals surface area contributed by atoms with Gasteiger partial charge < -0.3 is 24.0 Å².